The summed E-state index contributed by atoms with van der Waals surface area (Å²) in [6.07, 6.45) is 2.69. The van der Waals surface area contributed by atoms with Gasteiger partial charge in [-0.1, -0.05) is 30.3 Å². The van der Waals surface area contributed by atoms with E-state index in [1.54, 1.807) is 29.2 Å². The largest absolute Gasteiger partial charge is 0.347 e. The van der Waals surface area contributed by atoms with E-state index in [2.05, 4.69) is 0 Å². The second-order valence-corrected chi connectivity index (χ2v) is 6.12. The summed E-state index contributed by atoms with van der Waals surface area (Å²) in [4.78, 5) is 13.1. The average molecular weight is 338 g/mol. The van der Waals surface area contributed by atoms with Gasteiger partial charge in [0.1, 0.15) is 11.6 Å². The maximum absolute atomic E-state index is 14.4. The van der Waals surface area contributed by atoms with Crippen LogP contribution in [0.5, 0.6) is 0 Å². The van der Waals surface area contributed by atoms with E-state index in [0.29, 0.717) is 18.7 Å². The molecule has 1 aliphatic heterocycles. The molecule has 0 N–H and O–H groups in total. The highest BCUT2D eigenvalue weighted by molar-refractivity contribution is 5.65. The van der Waals surface area contributed by atoms with Gasteiger partial charge in [-0.15, -0.1) is 0 Å². The fourth-order valence-electron chi connectivity index (χ4n) is 3.45. The van der Waals surface area contributed by atoms with Crippen molar-refractivity contribution < 1.29 is 13.6 Å². The summed E-state index contributed by atoms with van der Waals surface area (Å²) in [7, 11) is 0. The van der Waals surface area contributed by atoms with E-state index < -0.39 is 6.04 Å². The van der Waals surface area contributed by atoms with E-state index >= 15 is 0 Å². The molecular formula is C20H16F2N2O. The van der Waals surface area contributed by atoms with Gasteiger partial charge in [-0.3, -0.25) is 4.79 Å². The molecule has 5 heteroatoms. The smallest absolute Gasteiger partial charge is 0.210 e. The van der Waals surface area contributed by atoms with E-state index in [1.165, 1.54) is 18.2 Å². The Morgan fingerprint density at radius 2 is 1.80 bits per heavy atom. The summed E-state index contributed by atoms with van der Waals surface area (Å²) < 4.78 is 29.9. The van der Waals surface area contributed by atoms with Crippen molar-refractivity contribution in [3.8, 4) is 11.1 Å². The number of benzene rings is 2. The Hall–Kier alpha value is -2.95. The van der Waals surface area contributed by atoms with Crippen LogP contribution in [0.1, 0.15) is 17.3 Å². The molecule has 4 rings (SSSR count). The van der Waals surface area contributed by atoms with Crippen LogP contribution in [0, 0.1) is 11.6 Å². The monoisotopic (exact) mass is 338 g/mol. The first kappa shape index (κ1) is 15.6. The van der Waals surface area contributed by atoms with Gasteiger partial charge in [0.2, 0.25) is 6.41 Å². The van der Waals surface area contributed by atoms with Crippen molar-refractivity contribution in [3.05, 3.63) is 83.7 Å². The molecule has 0 radical (unpaired) electrons. The number of nitrogens with zero attached hydrogens (tertiary/aromatic N) is 2. The maximum atomic E-state index is 14.4. The van der Waals surface area contributed by atoms with Crippen LogP contribution in [0.15, 0.2) is 60.8 Å². The third-order valence-electron chi connectivity index (χ3n) is 4.63. The Morgan fingerprint density at radius 1 is 0.960 bits per heavy atom. The molecule has 0 saturated carbocycles. The minimum atomic E-state index is -0.491. The first-order valence-electron chi connectivity index (χ1n) is 8.09. The third-order valence-corrected chi connectivity index (χ3v) is 4.63. The molecule has 3 aromatic rings. The predicted octanol–water partition coefficient (Wildman–Crippen LogP) is 3.99. The van der Waals surface area contributed by atoms with Gasteiger partial charge in [-0.05, 0) is 35.4 Å². The Labute approximate surface area is 144 Å². The summed E-state index contributed by atoms with van der Waals surface area (Å²) in [6, 6.07) is 14.3. The SMILES string of the molecule is O=CN1CCn2cc(-c3cccc(F)c3)cc2C1c1ccccc1F. The molecule has 2 heterocycles. The molecule has 126 valence electrons. The highest BCUT2D eigenvalue weighted by Gasteiger charge is 2.30. The second kappa shape index (κ2) is 6.16. The lowest BCUT2D eigenvalue weighted by molar-refractivity contribution is -0.120. The van der Waals surface area contributed by atoms with Crippen molar-refractivity contribution in [1.82, 2.24) is 9.47 Å². The third kappa shape index (κ3) is 2.71. The zero-order valence-electron chi connectivity index (χ0n) is 13.4. The number of carbonyl (C=O) groups is 1. The number of halogens is 2. The highest BCUT2D eigenvalue weighted by Crippen LogP contribution is 2.36. The van der Waals surface area contributed by atoms with Crippen molar-refractivity contribution in [2.24, 2.45) is 0 Å². The van der Waals surface area contributed by atoms with Gasteiger partial charge in [-0.25, -0.2) is 8.78 Å². The lowest BCUT2D eigenvalue weighted by Gasteiger charge is -2.34. The summed E-state index contributed by atoms with van der Waals surface area (Å²) in [5.74, 6) is -0.650. The molecule has 2 aromatic carbocycles. The van der Waals surface area contributed by atoms with Crippen molar-refractivity contribution in [2.45, 2.75) is 12.6 Å². The second-order valence-electron chi connectivity index (χ2n) is 6.12. The standard InChI is InChI=1S/C20H16F2N2O/c21-16-5-3-4-14(10-16)15-11-19-20(17-6-1-2-7-18(17)22)24(13-25)9-8-23(19)12-15/h1-7,10-13,20H,8-9H2. The van der Waals surface area contributed by atoms with Gasteiger partial charge < -0.3 is 9.47 Å². The lowest BCUT2D eigenvalue weighted by Crippen LogP contribution is -2.37. The van der Waals surface area contributed by atoms with Crippen LogP contribution in [0.3, 0.4) is 0 Å². The number of hydrogen-bond donors (Lipinski definition) is 0. The number of carbonyl (C=O) groups excluding carboxylic acids is 1. The van der Waals surface area contributed by atoms with Gasteiger partial charge >= 0.3 is 0 Å². The van der Waals surface area contributed by atoms with Crippen molar-refractivity contribution in [1.29, 1.82) is 0 Å². The predicted molar refractivity (Wildman–Crippen MR) is 90.8 cm³/mol. The van der Waals surface area contributed by atoms with Crippen LogP contribution in [-0.4, -0.2) is 22.4 Å². The quantitative estimate of drug-likeness (QED) is 0.663. The number of fused-ring (bicyclic) bond motifs is 1. The molecule has 0 fully saturated rings. The summed E-state index contributed by atoms with van der Waals surface area (Å²) in [6.45, 7) is 1.11. The highest BCUT2D eigenvalue weighted by atomic mass is 19.1. The molecule has 3 nitrogen and oxygen atoms in total. The molecule has 0 bridgehead atoms. The van der Waals surface area contributed by atoms with Crippen molar-refractivity contribution in [3.63, 3.8) is 0 Å². The van der Waals surface area contributed by atoms with E-state index in [1.807, 2.05) is 22.9 Å². The molecule has 0 aliphatic carbocycles. The average Bonchev–Trinajstić information content (AvgIpc) is 3.06. The number of amides is 1. The van der Waals surface area contributed by atoms with E-state index in [0.717, 1.165) is 23.2 Å². The lowest BCUT2D eigenvalue weighted by atomic mass is 9.99. The Balaban J connectivity index is 1.84. The number of aromatic nitrogens is 1. The van der Waals surface area contributed by atoms with Crippen LogP contribution in [0.25, 0.3) is 11.1 Å². The molecule has 0 spiro atoms. The van der Waals surface area contributed by atoms with Crippen LogP contribution in [0.4, 0.5) is 8.78 Å². The minimum absolute atomic E-state index is 0.304. The van der Waals surface area contributed by atoms with Crippen molar-refractivity contribution in [2.75, 3.05) is 6.54 Å². The maximum Gasteiger partial charge on any atom is 0.210 e. The topological polar surface area (TPSA) is 25.2 Å². The van der Waals surface area contributed by atoms with Crippen LogP contribution in [0.2, 0.25) is 0 Å². The van der Waals surface area contributed by atoms with Crippen molar-refractivity contribution >= 4 is 6.41 Å². The van der Waals surface area contributed by atoms with E-state index in [-0.39, 0.29) is 11.6 Å². The van der Waals surface area contributed by atoms with Crippen LogP contribution in [-0.2, 0) is 11.3 Å². The molecule has 25 heavy (non-hydrogen) atoms. The van der Waals surface area contributed by atoms with Gasteiger partial charge in [0.25, 0.3) is 0 Å². The van der Waals surface area contributed by atoms with Gasteiger partial charge in [0.05, 0.1) is 6.04 Å². The van der Waals surface area contributed by atoms with E-state index in [9.17, 15) is 13.6 Å². The zero-order chi connectivity index (χ0) is 17.4. The summed E-state index contributed by atoms with van der Waals surface area (Å²) in [5, 5.41) is 0. The normalized spacial score (nSPS) is 16.6. The summed E-state index contributed by atoms with van der Waals surface area (Å²) in [5.41, 5.74) is 2.89. The molecule has 1 aromatic heterocycles. The molecular weight excluding hydrogens is 322 g/mol. The Kier molecular flexibility index (Phi) is 3.84. The van der Waals surface area contributed by atoms with Crippen LogP contribution < -0.4 is 0 Å². The molecule has 1 aliphatic rings. The fraction of sp³-hybridized carbons (Fsp3) is 0.150. The fourth-order valence-corrected chi connectivity index (χ4v) is 3.45. The molecule has 0 saturated heterocycles. The van der Waals surface area contributed by atoms with Gasteiger partial charge in [-0.2, -0.15) is 0 Å². The van der Waals surface area contributed by atoms with Gasteiger partial charge in [0, 0.05) is 30.5 Å². The molecule has 1 unspecified atom stereocenters. The van der Waals surface area contributed by atoms with E-state index in [4.69, 9.17) is 0 Å². The first-order chi connectivity index (χ1) is 12.2. The Bertz CT molecular complexity index is 935. The molecule has 1 amide bonds. The first-order valence-corrected chi connectivity index (χ1v) is 8.09. The molecule has 1 atom stereocenters. The number of rotatable bonds is 3. The van der Waals surface area contributed by atoms with Crippen LogP contribution >= 0.6 is 0 Å². The number of hydrogen-bond acceptors (Lipinski definition) is 1. The summed E-state index contributed by atoms with van der Waals surface area (Å²) >= 11 is 0. The van der Waals surface area contributed by atoms with Gasteiger partial charge in [0.15, 0.2) is 0 Å². The minimum Gasteiger partial charge on any atom is -0.347 e. The zero-order valence-corrected chi connectivity index (χ0v) is 13.4. The Morgan fingerprint density at radius 3 is 2.56 bits per heavy atom.